The standard InChI is InChI=1S/C17H23NO5/c19-15(16(20)18-9-11-23-12-10-18)14(17(21)22)8-4-7-13-5-2-1-3-6-13/h1-3,5-6,14-15,19H,4,7-12H2,(H,21,22)/t14-,15+/m1/s1. The smallest absolute Gasteiger partial charge is 0.309 e. The summed E-state index contributed by atoms with van der Waals surface area (Å²) < 4.78 is 5.16. The van der Waals surface area contributed by atoms with E-state index in [0.717, 1.165) is 12.0 Å². The highest BCUT2D eigenvalue weighted by Crippen LogP contribution is 2.17. The molecule has 1 heterocycles. The molecule has 126 valence electrons. The van der Waals surface area contributed by atoms with Crippen LogP contribution in [0.1, 0.15) is 18.4 Å². The van der Waals surface area contributed by atoms with Crippen molar-refractivity contribution in [1.29, 1.82) is 0 Å². The number of morpholine rings is 1. The Bertz CT molecular complexity index is 513. The van der Waals surface area contributed by atoms with Crippen molar-refractivity contribution < 1.29 is 24.5 Å². The number of aliphatic hydroxyl groups excluding tert-OH is 1. The van der Waals surface area contributed by atoms with E-state index in [0.29, 0.717) is 32.7 Å². The molecule has 0 aromatic heterocycles. The maximum absolute atomic E-state index is 12.2. The van der Waals surface area contributed by atoms with E-state index in [4.69, 9.17) is 4.74 Å². The summed E-state index contributed by atoms with van der Waals surface area (Å²) in [5.74, 6) is -2.72. The maximum atomic E-state index is 12.2. The zero-order valence-electron chi connectivity index (χ0n) is 13.1. The summed E-state index contributed by atoms with van der Waals surface area (Å²) in [6, 6.07) is 9.74. The second-order valence-corrected chi connectivity index (χ2v) is 5.71. The number of amides is 1. The van der Waals surface area contributed by atoms with Gasteiger partial charge >= 0.3 is 5.97 Å². The quantitative estimate of drug-likeness (QED) is 0.780. The molecule has 1 aliphatic rings. The van der Waals surface area contributed by atoms with E-state index in [1.54, 1.807) is 0 Å². The monoisotopic (exact) mass is 321 g/mol. The van der Waals surface area contributed by atoms with Crippen LogP contribution in [-0.2, 0) is 20.7 Å². The van der Waals surface area contributed by atoms with Crippen molar-refractivity contribution in [3.05, 3.63) is 35.9 Å². The second kappa shape index (κ2) is 8.64. The summed E-state index contributed by atoms with van der Waals surface area (Å²) in [4.78, 5) is 25.1. The van der Waals surface area contributed by atoms with E-state index < -0.39 is 23.9 Å². The van der Waals surface area contributed by atoms with E-state index in [1.807, 2.05) is 30.3 Å². The third-order valence-corrected chi connectivity index (χ3v) is 4.10. The molecule has 0 spiro atoms. The molecule has 6 heteroatoms. The lowest BCUT2D eigenvalue weighted by Crippen LogP contribution is -2.49. The van der Waals surface area contributed by atoms with E-state index in [1.165, 1.54) is 4.90 Å². The number of carbonyl (C=O) groups is 2. The number of hydrogen-bond acceptors (Lipinski definition) is 4. The minimum absolute atomic E-state index is 0.265. The lowest BCUT2D eigenvalue weighted by atomic mass is 9.93. The first-order valence-corrected chi connectivity index (χ1v) is 7.91. The number of rotatable bonds is 7. The van der Waals surface area contributed by atoms with Crippen molar-refractivity contribution in [2.45, 2.75) is 25.4 Å². The van der Waals surface area contributed by atoms with Gasteiger partial charge in [-0.05, 0) is 24.8 Å². The molecular weight excluding hydrogens is 298 g/mol. The number of hydrogen-bond donors (Lipinski definition) is 2. The first-order valence-electron chi connectivity index (χ1n) is 7.91. The van der Waals surface area contributed by atoms with Crippen LogP contribution in [0, 0.1) is 5.92 Å². The zero-order chi connectivity index (χ0) is 16.7. The van der Waals surface area contributed by atoms with Crippen molar-refractivity contribution in [1.82, 2.24) is 4.90 Å². The largest absolute Gasteiger partial charge is 0.481 e. The Hall–Kier alpha value is -1.92. The van der Waals surface area contributed by atoms with Crippen LogP contribution in [0.4, 0.5) is 0 Å². The van der Waals surface area contributed by atoms with E-state index in [9.17, 15) is 19.8 Å². The van der Waals surface area contributed by atoms with Gasteiger partial charge in [-0.15, -0.1) is 0 Å². The molecule has 0 saturated carbocycles. The third kappa shape index (κ3) is 5.04. The summed E-state index contributed by atoms with van der Waals surface area (Å²) in [5.41, 5.74) is 1.12. The Morgan fingerprint density at radius 1 is 1.17 bits per heavy atom. The SMILES string of the molecule is O=C(O)[C@H](CCCc1ccccc1)[C@H](O)C(=O)N1CCOCC1. The Morgan fingerprint density at radius 3 is 2.43 bits per heavy atom. The van der Waals surface area contributed by atoms with Crippen molar-refractivity contribution in [3.8, 4) is 0 Å². The van der Waals surface area contributed by atoms with Gasteiger partial charge in [-0.25, -0.2) is 0 Å². The molecule has 2 N–H and O–H groups in total. The van der Waals surface area contributed by atoms with Gasteiger partial charge in [-0.3, -0.25) is 9.59 Å². The van der Waals surface area contributed by atoms with Crippen LogP contribution < -0.4 is 0 Å². The highest BCUT2D eigenvalue weighted by atomic mass is 16.5. The predicted molar refractivity (Wildman–Crippen MR) is 83.9 cm³/mol. The summed E-state index contributed by atoms with van der Waals surface area (Å²) >= 11 is 0. The van der Waals surface area contributed by atoms with Gasteiger partial charge in [-0.1, -0.05) is 30.3 Å². The number of carboxylic acid groups (broad SMARTS) is 1. The highest BCUT2D eigenvalue weighted by molar-refractivity contribution is 5.86. The molecule has 1 aromatic carbocycles. The zero-order valence-corrected chi connectivity index (χ0v) is 13.1. The fraction of sp³-hybridized carbons (Fsp3) is 0.529. The topological polar surface area (TPSA) is 87.1 Å². The lowest BCUT2D eigenvalue weighted by molar-refractivity contribution is -0.157. The van der Waals surface area contributed by atoms with Gasteiger partial charge in [0, 0.05) is 13.1 Å². The Labute approximate surface area is 135 Å². The van der Waals surface area contributed by atoms with E-state index >= 15 is 0 Å². The number of aliphatic carboxylic acids is 1. The van der Waals surface area contributed by atoms with Gasteiger partial charge in [-0.2, -0.15) is 0 Å². The average molecular weight is 321 g/mol. The molecule has 1 fully saturated rings. The normalized spacial score (nSPS) is 17.5. The summed E-state index contributed by atoms with van der Waals surface area (Å²) in [5, 5.41) is 19.5. The molecule has 1 aliphatic heterocycles. The molecule has 23 heavy (non-hydrogen) atoms. The number of carboxylic acids is 1. The number of ether oxygens (including phenoxy) is 1. The number of carbonyl (C=O) groups excluding carboxylic acids is 1. The van der Waals surface area contributed by atoms with Crippen LogP contribution in [-0.4, -0.2) is 59.4 Å². The van der Waals surface area contributed by atoms with E-state index in [-0.39, 0.29) is 6.42 Å². The summed E-state index contributed by atoms with van der Waals surface area (Å²) in [7, 11) is 0. The minimum Gasteiger partial charge on any atom is -0.481 e. The van der Waals surface area contributed by atoms with Gasteiger partial charge < -0.3 is 19.8 Å². The van der Waals surface area contributed by atoms with Crippen LogP contribution in [0.2, 0.25) is 0 Å². The van der Waals surface area contributed by atoms with Gasteiger partial charge in [0.25, 0.3) is 5.91 Å². The Kier molecular flexibility index (Phi) is 6.55. The van der Waals surface area contributed by atoms with Crippen LogP contribution in [0.3, 0.4) is 0 Å². The molecule has 1 amide bonds. The summed E-state index contributed by atoms with van der Waals surface area (Å²) in [6.45, 7) is 1.63. The number of aryl methyl sites for hydroxylation is 1. The van der Waals surface area contributed by atoms with Crippen LogP contribution in [0.5, 0.6) is 0 Å². The fourth-order valence-corrected chi connectivity index (χ4v) is 2.73. The van der Waals surface area contributed by atoms with Crippen LogP contribution in [0.25, 0.3) is 0 Å². The molecule has 0 aliphatic carbocycles. The van der Waals surface area contributed by atoms with Crippen LogP contribution >= 0.6 is 0 Å². The number of nitrogens with zero attached hydrogens (tertiary/aromatic N) is 1. The summed E-state index contributed by atoms with van der Waals surface area (Å²) in [6.07, 6.45) is 0.0975. The molecule has 6 nitrogen and oxygen atoms in total. The van der Waals surface area contributed by atoms with Gasteiger partial charge in [0.15, 0.2) is 0 Å². The molecular formula is C17H23NO5. The predicted octanol–water partition coefficient (Wildman–Crippen LogP) is 0.930. The molecule has 0 unspecified atom stereocenters. The fourth-order valence-electron chi connectivity index (χ4n) is 2.73. The Balaban J connectivity index is 1.89. The first kappa shape index (κ1) is 17.4. The second-order valence-electron chi connectivity index (χ2n) is 5.71. The molecule has 2 rings (SSSR count). The van der Waals surface area contributed by atoms with Crippen molar-refractivity contribution >= 4 is 11.9 Å². The number of benzene rings is 1. The Morgan fingerprint density at radius 2 is 1.83 bits per heavy atom. The maximum Gasteiger partial charge on any atom is 0.309 e. The average Bonchev–Trinajstić information content (AvgIpc) is 2.59. The molecule has 2 atom stereocenters. The highest BCUT2D eigenvalue weighted by Gasteiger charge is 2.34. The van der Waals surface area contributed by atoms with Crippen molar-refractivity contribution in [3.63, 3.8) is 0 Å². The lowest BCUT2D eigenvalue weighted by Gasteiger charge is -2.30. The molecule has 1 saturated heterocycles. The third-order valence-electron chi connectivity index (χ3n) is 4.10. The number of aliphatic hydroxyl groups is 1. The minimum atomic E-state index is -1.50. The molecule has 1 aromatic rings. The van der Waals surface area contributed by atoms with Gasteiger partial charge in [0.1, 0.15) is 6.10 Å². The van der Waals surface area contributed by atoms with Crippen molar-refractivity contribution in [2.75, 3.05) is 26.3 Å². The first-order chi connectivity index (χ1) is 11.1. The van der Waals surface area contributed by atoms with Crippen molar-refractivity contribution in [2.24, 2.45) is 5.92 Å². The molecule has 0 radical (unpaired) electrons. The van der Waals surface area contributed by atoms with E-state index in [2.05, 4.69) is 0 Å². The van der Waals surface area contributed by atoms with Gasteiger partial charge in [0.2, 0.25) is 0 Å². The van der Waals surface area contributed by atoms with Crippen LogP contribution in [0.15, 0.2) is 30.3 Å². The molecule has 0 bridgehead atoms. The van der Waals surface area contributed by atoms with Gasteiger partial charge in [0.05, 0.1) is 19.1 Å².